The van der Waals surface area contributed by atoms with E-state index in [1.165, 1.54) is 11.1 Å². The van der Waals surface area contributed by atoms with E-state index in [1.54, 1.807) is 0 Å². The minimum atomic E-state index is 0.00306. The standard InChI is InChI=1S/C18H17N3/c1-13-10-16-18(11-14(13)2)21(12-20-16)17(8-9-19)15-6-4-3-5-7-15/h3-7,10-12,17H,8H2,1-2H3. The molecule has 0 fully saturated rings. The second kappa shape index (κ2) is 5.41. The van der Waals surface area contributed by atoms with Crippen LogP contribution in [-0.2, 0) is 0 Å². The highest BCUT2D eigenvalue weighted by Gasteiger charge is 2.16. The first-order valence-corrected chi connectivity index (χ1v) is 7.06. The Balaban J connectivity index is 2.17. The molecule has 21 heavy (non-hydrogen) atoms. The van der Waals surface area contributed by atoms with Crippen molar-refractivity contribution in [2.75, 3.05) is 0 Å². The van der Waals surface area contributed by atoms with Gasteiger partial charge in [0.25, 0.3) is 0 Å². The molecule has 0 spiro atoms. The molecule has 0 amide bonds. The number of imidazole rings is 1. The molecule has 3 nitrogen and oxygen atoms in total. The van der Waals surface area contributed by atoms with Gasteiger partial charge in [-0.2, -0.15) is 5.26 Å². The fourth-order valence-corrected chi connectivity index (χ4v) is 2.67. The third kappa shape index (κ3) is 2.41. The second-order valence-electron chi connectivity index (χ2n) is 5.37. The molecule has 3 aromatic rings. The molecule has 1 unspecified atom stereocenters. The Morgan fingerprint density at radius 1 is 1.14 bits per heavy atom. The summed E-state index contributed by atoms with van der Waals surface area (Å²) in [5.74, 6) is 0. The molecule has 1 atom stereocenters. The van der Waals surface area contributed by atoms with Gasteiger partial charge in [0.1, 0.15) is 0 Å². The van der Waals surface area contributed by atoms with E-state index in [1.807, 2.05) is 24.5 Å². The summed E-state index contributed by atoms with van der Waals surface area (Å²) in [6.45, 7) is 4.20. The molecular weight excluding hydrogens is 258 g/mol. The highest BCUT2D eigenvalue weighted by molar-refractivity contribution is 5.77. The van der Waals surface area contributed by atoms with Gasteiger partial charge in [-0.15, -0.1) is 0 Å². The molecule has 3 heteroatoms. The molecule has 0 saturated heterocycles. The van der Waals surface area contributed by atoms with Gasteiger partial charge in [-0.3, -0.25) is 0 Å². The minimum Gasteiger partial charge on any atom is -0.322 e. The van der Waals surface area contributed by atoms with Gasteiger partial charge in [0.2, 0.25) is 0 Å². The lowest BCUT2D eigenvalue weighted by molar-refractivity contribution is 0.613. The van der Waals surface area contributed by atoms with Crippen molar-refractivity contribution in [1.29, 1.82) is 5.26 Å². The van der Waals surface area contributed by atoms with Crippen molar-refractivity contribution >= 4 is 11.0 Å². The number of benzene rings is 2. The summed E-state index contributed by atoms with van der Waals surface area (Å²) in [4.78, 5) is 4.50. The van der Waals surface area contributed by atoms with Gasteiger partial charge < -0.3 is 4.57 Å². The SMILES string of the molecule is Cc1cc2ncn(C(CC#N)c3ccccc3)c2cc1C. The van der Waals surface area contributed by atoms with Crippen molar-refractivity contribution in [3.63, 3.8) is 0 Å². The van der Waals surface area contributed by atoms with Crippen molar-refractivity contribution < 1.29 is 0 Å². The molecule has 1 aromatic heterocycles. The van der Waals surface area contributed by atoms with Crippen LogP contribution < -0.4 is 0 Å². The van der Waals surface area contributed by atoms with Crippen molar-refractivity contribution in [3.05, 3.63) is 65.5 Å². The Kier molecular flexibility index (Phi) is 3.45. The monoisotopic (exact) mass is 275 g/mol. The molecule has 3 rings (SSSR count). The number of nitrogens with zero attached hydrogens (tertiary/aromatic N) is 3. The highest BCUT2D eigenvalue weighted by atomic mass is 15.1. The predicted molar refractivity (Wildman–Crippen MR) is 84.0 cm³/mol. The van der Waals surface area contributed by atoms with Crippen LogP contribution in [0.4, 0.5) is 0 Å². The summed E-state index contributed by atoms with van der Waals surface area (Å²) in [6, 6.07) is 16.7. The van der Waals surface area contributed by atoms with Gasteiger partial charge in [-0.1, -0.05) is 30.3 Å². The van der Waals surface area contributed by atoms with E-state index in [4.69, 9.17) is 0 Å². The van der Waals surface area contributed by atoms with E-state index in [9.17, 15) is 5.26 Å². The Morgan fingerprint density at radius 2 is 1.86 bits per heavy atom. The molecule has 0 aliphatic heterocycles. The van der Waals surface area contributed by atoms with E-state index in [-0.39, 0.29) is 6.04 Å². The molecule has 1 heterocycles. The Morgan fingerprint density at radius 3 is 2.57 bits per heavy atom. The molecule has 0 radical (unpaired) electrons. The van der Waals surface area contributed by atoms with Crippen LogP contribution in [0.1, 0.15) is 29.2 Å². The average Bonchev–Trinajstić information content (AvgIpc) is 2.89. The van der Waals surface area contributed by atoms with Crippen molar-refractivity contribution in [3.8, 4) is 6.07 Å². The van der Waals surface area contributed by atoms with Crippen molar-refractivity contribution in [2.24, 2.45) is 0 Å². The molecule has 0 bridgehead atoms. The van der Waals surface area contributed by atoms with Gasteiger partial charge in [-0.25, -0.2) is 4.98 Å². The zero-order valence-corrected chi connectivity index (χ0v) is 12.2. The van der Waals surface area contributed by atoms with Gasteiger partial charge in [0.15, 0.2) is 0 Å². The number of aromatic nitrogens is 2. The molecular formula is C18H17N3. The third-order valence-electron chi connectivity index (χ3n) is 4.00. The Hall–Kier alpha value is -2.60. The van der Waals surface area contributed by atoms with Crippen LogP contribution in [0.25, 0.3) is 11.0 Å². The van der Waals surface area contributed by atoms with E-state index >= 15 is 0 Å². The molecule has 2 aromatic carbocycles. The van der Waals surface area contributed by atoms with E-state index in [0.29, 0.717) is 6.42 Å². The maximum absolute atomic E-state index is 9.18. The van der Waals surface area contributed by atoms with Crippen LogP contribution in [0.5, 0.6) is 0 Å². The molecule has 0 aliphatic rings. The summed E-state index contributed by atoms with van der Waals surface area (Å²) < 4.78 is 2.11. The lowest BCUT2D eigenvalue weighted by atomic mass is 10.0. The first-order chi connectivity index (χ1) is 10.2. The minimum absolute atomic E-state index is 0.00306. The first-order valence-electron chi connectivity index (χ1n) is 7.06. The largest absolute Gasteiger partial charge is 0.322 e. The zero-order valence-electron chi connectivity index (χ0n) is 12.2. The van der Waals surface area contributed by atoms with Crippen LogP contribution in [0.2, 0.25) is 0 Å². The zero-order chi connectivity index (χ0) is 14.8. The van der Waals surface area contributed by atoms with Gasteiger partial charge in [-0.05, 0) is 42.7 Å². The normalized spacial score (nSPS) is 12.2. The molecule has 0 N–H and O–H groups in total. The summed E-state index contributed by atoms with van der Waals surface area (Å²) in [6.07, 6.45) is 2.28. The quantitative estimate of drug-likeness (QED) is 0.720. The summed E-state index contributed by atoms with van der Waals surface area (Å²) in [7, 11) is 0. The maximum Gasteiger partial charge on any atom is 0.0964 e. The Labute approximate surface area is 124 Å². The smallest absolute Gasteiger partial charge is 0.0964 e. The van der Waals surface area contributed by atoms with E-state index in [0.717, 1.165) is 16.6 Å². The summed E-state index contributed by atoms with van der Waals surface area (Å²) in [5, 5.41) is 9.18. The van der Waals surface area contributed by atoms with Gasteiger partial charge >= 0.3 is 0 Å². The van der Waals surface area contributed by atoms with E-state index < -0.39 is 0 Å². The lowest BCUT2D eigenvalue weighted by Crippen LogP contribution is -2.09. The highest BCUT2D eigenvalue weighted by Crippen LogP contribution is 2.27. The number of fused-ring (bicyclic) bond motifs is 1. The number of rotatable bonds is 3. The van der Waals surface area contributed by atoms with Gasteiger partial charge in [0, 0.05) is 0 Å². The lowest BCUT2D eigenvalue weighted by Gasteiger charge is -2.17. The fraction of sp³-hybridized carbons (Fsp3) is 0.222. The molecule has 104 valence electrons. The number of hydrogen-bond donors (Lipinski definition) is 0. The summed E-state index contributed by atoms with van der Waals surface area (Å²) >= 11 is 0. The average molecular weight is 275 g/mol. The topological polar surface area (TPSA) is 41.6 Å². The molecule has 0 saturated carbocycles. The third-order valence-corrected chi connectivity index (χ3v) is 4.00. The van der Waals surface area contributed by atoms with Crippen LogP contribution in [-0.4, -0.2) is 9.55 Å². The fourth-order valence-electron chi connectivity index (χ4n) is 2.67. The van der Waals surface area contributed by atoms with Crippen molar-refractivity contribution in [1.82, 2.24) is 9.55 Å². The van der Waals surface area contributed by atoms with Gasteiger partial charge in [0.05, 0.1) is 35.9 Å². The van der Waals surface area contributed by atoms with Crippen LogP contribution >= 0.6 is 0 Å². The molecule has 0 aliphatic carbocycles. The predicted octanol–water partition coefficient (Wildman–Crippen LogP) is 4.16. The van der Waals surface area contributed by atoms with Crippen LogP contribution in [0.15, 0.2) is 48.8 Å². The maximum atomic E-state index is 9.18. The Bertz CT molecular complexity index is 810. The van der Waals surface area contributed by atoms with Crippen LogP contribution in [0, 0.1) is 25.2 Å². The van der Waals surface area contributed by atoms with E-state index in [2.05, 4.69) is 53.7 Å². The number of hydrogen-bond acceptors (Lipinski definition) is 2. The summed E-state index contributed by atoms with van der Waals surface area (Å²) in [5.41, 5.74) is 5.69. The second-order valence-corrected chi connectivity index (χ2v) is 5.37. The first kappa shape index (κ1) is 13.4. The van der Waals surface area contributed by atoms with Crippen LogP contribution in [0.3, 0.4) is 0 Å². The number of nitriles is 1. The van der Waals surface area contributed by atoms with Crippen molar-refractivity contribution in [2.45, 2.75) is 26.3 Å². The number of aryl methyl sites for hydroxylation is 2.